The number of aryl methyl sites for hydroxylation is 2. The lowest BCUT2D eigenvalue weighted by atomic mass is 10.2. The van der Waals surface area contributed by atoms with E-state index < -0.39 is 6.10 Å². The lowest BCUT2D eigenvalue weighted by Crippen LogP contribution is -2.44. The fourth-order valence-electron chi connectivity index (χ4n) is 2.98. The zero-order chi connectivity index (χ0) is 17.7. The second-order valence-electron chi connectivity index (χ2n) is 5.96. The van der Waals surface area contributed by atoms with Crippen LogP contribution in [0.25, 0.3) is 0 Å². The van der Waals surface area contributed by atoms with E-state index in [0.717, 1.165) is 30.5 Å². The number of carbonyl (C=O) groups is 2. The van der Waals surface area contributed by atoms with Gasteiger partial charge in [0.15, 0.2) is 0 Å². The van der Waals surface area contributed by atoms with Gasteiger partial charge in [-0.05, 0) is 25.7 Å². The van der Waals surface area contributed by atoms with E-state index in [9.17, 15) is 14.7 Å². The third-order valence-electron chi connectivity index (χ3n) is 4.25. The molecule has 8 heteroatoms. The van der Waals surface area contributed by atoms with Crippen LogP contribution in [0.1, 0.15) is 37.4 Å². The first-order valence-corrected chi connectivity index (χ1v) is 8.30. The normalized spacial score (nSPS) is 18.4. The molecule has 134 valence electrons. The lowest BCUT2D eigenvalue weighted by molar-refractivity contribution is -0.142. The van der Waals surface area contributed by atoms with Gasteiger partial charge < -0.3 is 20.1 Å². The number of aliphatic hydroxyl groups excluding tert-OH is 1. The fourth-order valence-corrected chi connectivity index (χ4v) is 2.98. The van der Waals surface area contributed by atoms with Crippen molar-refractivity contribution in [2.24, 2.45) is 7.05 Å². The Morgan fingerprint density at radius 2 is 2.21 bits per heavy atom. The van der Waals surface area contributed by atoms with Gasteiger partial charge in [-0.3, -0.25) is 9.59 Å². The van der Waals surface area contributed by atoms with Crippen molar-refractivity contribution in [2.45, 2.75) is 45.3 Å². The molecule has 2 N–H and O–H groups in total. The number of carbonyl (C=O) groups excluding carboxylic acids is 2. The summed E-state index contributed by atoms with van der Waals surface area (Å²) in [7, 11) is 3.36. The number of aliphatic hydroxyl groups is 1. The molecule has 1 aliphatic rings. The number of amides is 2. The summed E-state index contributed by atoms with van der Waals surface area (Å²) in [6, 6.07) is 0. The zero-order valence-corrected chi connectivity index (χ0v) is 14.5. The summed E-state index contributed by atoms with van der Waals surface area (Å²) in [6.07, 6.45) is 1.79. The molecule has 2 heterocycles. The molecule has 8 nitrogen and oxygen atoms in total. The van der Waals surface area contributed by atoms with Crippen LogP contribution in [0, 0.1) is 0 Å². The van der Waals surface area contributed by atoms with Crippen LogP contribution in [0.2, 0.25) is 0 Å². The van der Waals surface area contributed by atoms with Gasteiger partial charge in [0.05, 0.1) is 31.5 Å². The van der Waals surface area contributed by atoms with Gasteiger partial charge in [-0.2, -0.15) is 5.10 Å². The SMILES string of the molecule is CCc1nn(C)c(OC)c1CNC(=O)CN1CCCCC(O)C1=O. The Kier molecular flexibility index (Phi) is 6.19. The predicted octanol–water partition coefficient (Wildman–Crippen LogP) is -0.0193. The predicted molar refractivity (Wildman–Crippen MR) is 87.4 cm³/mol. The van der Waals surface area contributed by atoms with E-state index in [4.69, 9.17) is 4.74 Å². The Bertz CT molecular complexity index is 599. The molecular weight excluding hydrogens is 312 g/mol. The molecule has 0 bridgehead atoms. The summed E-state index contributed by atoms with van der Waals surface area (Å²) in [6.45, 7) is 2.74. The molecule has 2 amide bonds. The smallest absolute Gasteiger partial charge is 0.251 e. The summed E-state index contributed by atoms with van der Waals surface area (Å²) < 4.78 is 6.99. The Hall–Kier alpha value is -2.09. The molecule has 0 spiro atoms. The number of methoxy groups -OCH3 is 1. The third kappa shape index (κ3) is 4.05. The number of hydrogen-bond donors (Lipinski definition) is 2. The fraction of sp³-hybridized carbons (Fsp3) is 0.688. The summed E-state index contributed by atoms with van der Waals surface area (Å²) >= 11 is 0. The second-order valence-corrected chi connectivity index (χ2v) is 5.96. The van der Waals surface area contributed by atoms with Crippen LogP contribution in [-0.4, -0.2) is 57.9 Å². The van der Waals surface area contributed by atoms with Crippen LogP contribution >= 0.6 is 0 Å². The first-order valence-electron chi connectivity index (χ1n) is 8.30. The van der Waals surface area contributed by atoms with Gasteiger partial charge in [0.25, 0.3) is 5.91 Å². The topological polar surface area (TPSA) is 96.7 Å². The van der Waals surface area contributed by atoms with Crippen LogP contribution in [0.4, 0.5) is 0 Å². The van der Waals surface area contributed by atoms with Crippen LogP contribution < -0.4 is 10.1 Å². The molecular formula is C16H26N4O4. The minimum absolute atomic E-state index is 0.0417. The molecule has 1 aromatic heterocycles. The summed E-state index contributed by atoms with van der Waals surface area (Å²) in [4.78, 5) is 25.6. The van der Waals surface area contributed by atoms with E-state index in [2.05, 4.69) is 10.4 Å². The average molecular weight is 338 g/mol. The van der Waals surface area contributed by atoms with Crippen molar-refractivity contribution < 1.29 is 19.4 Å². The molecule has 1 aliphatic heterocycles. The van der Waals surface area contributed by atoms with Crippen molar-refractivity contribution in [3.63, 3.8) is 0 Å². The maximum absolute atomic E-state index is 12.2. The van der Waals surface area contributed by atoms with E-state index >= 15 is 0 Å². The molecule has 0 radical (unpaired) electrons. The van der Waals surface area contributed by atoms with Crippen molar-refractivity contribution in [1.29, 1.82) is 0 Å². The largest absolute Gasteiger partial charge is 0.481 e. The molecule has 0 aliphatic carbocycles. The first-order chi connectivity index (χ1) is 11.5. The van der Waals surface area contributed by atoms with Crippen LogP contribution in [-0.2, 0) is 29.6 Å². The van der Waals surface area contributed by atoms with Crippen LogP contribution in [0.15, 0.2) is 0 Å². The average Bonchev–Trinajstić information content (AvgIpc) is 2.80. The van der Waals surface area contributed by atoms with Crippen molar-refractivity contribution in [1.82, 2.24) is 20.0 Å². The van der Waals surface area contributed by atoms with Crippen LogP contribution in [0.3, 0.4) is 0 Å². The highest BCUT2D eigenvalue weighted by molar-refractivity contribution is 5.87. The molecule has 0 saturated carbocycles. The minimum Gasteiger partial charge on any atom is -0.481 e. The van der Waals surface area contributed by atoms with E-state index in [-0.39, 0.29) is 18.4 Å². The van der Waals surface area contributed by atoms with Crippen molar-refractivity contribution in [3.05, 3.63) is 11.3 Å². The second kappa shape index (κ2) is 8.14. The summed E-state index contributed by atoms with van der Waals surface area (Å²) in [5, 5.41) is 16.9. The van der Waals surface area contributed by atoms with E-state index in [1.165, 1.54) is 4.90 Å². The highest BCUT2D eigenvalue weighted by Gasteiger charge is 2.26. The number of hydrogen-bond acceptors (Lipinski definition) is 5. The molecule has 1 saturated heterocycles. The Morgan fingerprint density at radius 1 is 1.46 bits per heavy atom. The molecule has 1 unspecified atom stereocenters. The highest BCUT2D eigenvalue weighted by atomic mass is 16.5. The first kappa shape index (κ1) is 18.3. The maximum Gasteiger partial charge on any atom is 0.251 e. The Labute approximate surface area is 141 Å². The van der Waals surface area contributed by atoms with E-state index in [1.807, 2.05) is 6.92 Å². The quantitative estimate of drug-likeness (QED) is 0.760. The van der Waals surface area contributed by atoms with Gasteiger partial charge in [-0.1, -0.05) is 6.92 Å². The van der Waals surface area contributed by atoms with Gasteiger partial charge in [0.1, 0.15) is 6.10 Å². The Morgan fingerprint density at radius 3 is 2.88 bits per heavy atom. The zero-order valence-electron chi connectivity index (χ0n) is 14.5. The molecule has 1 aromatic rings. The van der Waals surface area contributed by atoms with Gasteiger partial charge in [0, 0.05) is 13.6 Å². The molecule has 24 heavy (non-hydrogen) atoms. The number of likely N-dealkylation sites (tertiary alicyclic amines) is 1. The van der Waals surface area contributed by atoms with Gasteiger partial charge in [0.2, 0.25) is 11.8 Å². The van der Waals surface area contributed by atoms with Gasteiger partial charge in [-0.15, -0.1) is 0 Å². The van der Waals surface area contributed by atoms with Crippen molar-refractivity contribution >= 4 is 11.8 Å². The number of nitrogens with zero attached hydrogens (tertiary/aromatic N) is 3. The summed E-state index contributed by atoms with van der Waals surface area (Å²) in [5.74, 6) is -0.00492. The maximum atomic E-state index is 12.2. The van der Waals surface area contributed by atoms with E-state index in [1.54, 1.807) is 18.8 Å². The molecule has 0 aromatic carbocycles. The standard InChI is InChI=1S/C16H26N4O4/c1-4-12-11(16(24-3)19(2)18-12)9-17-14(22)10-20-8-6-5-7-13(21)15(20)23/h13,21H,4-10H2,1-3H3,(H,17,22). The van der Waals surface area contributed by atoms with Crippen LogP contribution in [0.5, 0.6) is 5.88 Å². The lowest BCUT2D eigenvalue weighted by Gasteiger charge is -2.21. The van der Waals surface area contributed by atoms with E-state index in [0.29, 0.717) is 25.4 Å². The summed E-state index contributed by atoms with van der Waals surface area (Å²) in [5.41, 5.74) is 1.72. The van der Waals surface area contributed by atoms with Gasteiger partial charge >= 0.3 is 0 Å². The van der Waals surface area contributed by atoms with Crippen molar-refractivity contribution in [2.75, 3.05) is 20.2 Å². The monoisotopic (exact) mass is 338 g/mol. The van der Waals surface area contributed by atoms with Crippen molar-refractivity contribution in [3.8, 4) is 5.88 Å². The number of rotatable bonds is 6. The number of nitrogens with one attached hydrogen (secondary N) is 1. The minimum atomic E-state index is -0.995. The molecule has 1 atom stereocenters. The third-order valence-corrected chi connectivity index (χ3v) is 4.25. The highest BCUT2D eigenvalue weighted by Crippen LogP contribution is 2.21. The number of aromatic nitrogens is 2. The Balaban J connectivity index is 1.97. The van der Waals surface area contributed by atoms with Gasteiger partial charge in [-0.25, -0.2) is 4.68 Å². The molecule has 2 rings (SSSR count). The molecule has 1 fully saturated rings. The number of ether oxygens (including phenoxy) is 1.